The molecule has 0 spiro atoms. The standard InChI is InChI=1S/C18H22O2/c1-17-6-2-7-18(17,20)16-11-12-3-4-15(19)10-14(12)9-13(16)5-8-17/h5,8-10,12,16,20H,2-4,6-7,11H2,1H3/t12?,16?,17-,18?/m1/s1. The van der Waals surface area contributed by atoms with Gasteiger partial charge in [0.25, 0.3) is 0 Å². The smallest absolute Gasteiger partial charge is 0.155 e. The number of carbonyl (C=O) groups is 1. The quantitative estimate of drug-likeness (QED) is 0.733. The van der Waals surface area contributed by atoms with Gasteiger partial charge in [0.05, 0.1) is 5.60 Å². The number of rotatable bonds is 0. The Kier molecular flexibility index (Phi) is 2.48. The summed E-state index contributed by atoms with van der Waals surface area (Å²) in [7, 11) is 0. The zero-order valence-corrected chi connectivity index (χ0v) is 12.1. The third-order valence-corrected chi connectivity index (χ3v) is 6.26. The van der Waals surface area contributed by atoms with E-state index in [0.29, 0.717) is 12.3 Å². The van der Waals surface area contributed by atoms with E-state index in [1.54, 1.807) is 0 Å². The van der Waals surface area contributed by atoms with Gasteiger partial charge >= 0.3 is 0 Å². The van der Waals surface area contributed by atoms with Gasteiger partial charge in [0.1, 0.15) is 0 Å². The second-order valence-corrected chi connectivity index (χ2v) is 7.31. The zero-order chi connectivity index (χ0) is 14.0. The average Bonchev–Trinajstić information content (AvgIpc) is 2.73. The van der Waals surface area contributed by atoms with Gasteiger partial charge in [-0.1, -0.05) is 25.2 Å². The number of allylic oxidation sites excluding steroid dienone is 4. The Balaban J connectivity index is 1.81. The molecule has 0 heterocycles. The monoisotopic (exact) mass is 270 g/mol. The van der Waals surface area contributed by atoms with Crippen LogP contribution in [-0.2, 0) is 4.79 Å². The lowest BCUT2D eigenvalue weighted by Gasteiger charge is -2.50. The van der Waals surface area contributed by atoms with Gasteiger partial charge in [-0.25, -0.2) is 0 Å². The van der Waals surface area contributed by atoms with Crippen LogP contribution < -0.4 is 0 Å². The predicted molar refractivity (Wildman–Crippen MR) is 78.1 cm³/mol. The fraction of sp³-hybridized carbons (Fsp3) is 0.611. The van der Waals surface area contributed by atoms with Crippen molar-refractivity contribution < 1.29 is 9.90 Å². The third-order valence-electron chi connectivity index (χ3n) is 6.26. The van der Waals surface area contributed by atoms with Crippen LogP contribution in [0.3, 0.4) is 0 Å². The van der Waals surface area contributed by atoms with E-state index < -0.39 is 5.60 Å². The fourth-order valence-corrected chi connectivity index (χ4v) is 4.93. The van der Waals surface area contributed by atoms with E-state index in [0.717, 1.165) is 32.1 Å². The Morgan fingerprint density at radius 1 is 1.25 bits per heavy atom. The highest BCUT2D eigenvalue weighted by atomic mass is 16.3. The molecule has 4 aliphatic rings. The molecule has 4 aliphatic carbocycles. The lowest BCUT2D eigenvalue weighted by atomic mass is 9.58. The highest BCUT2D eigenvalue weighted by molar-refractivity contribution is 5.92. The van der Waals surface area contributed by atoms with Gasteiger partial charge in [-0.3, -0.25) is 4.79 Å². The van der Waals surface area contributed by atoms with Crippen LogP contribution >= 0.6 is 0 Å². The molecule has 0 saturated heterocycles. The normalized spacial score (nSPS) is 46.2. The highest BCUT2D eigenvalue weighted by Crippen LogP contribution is 2.59. The number of carbonyl (C=O) groups excluding carboxylic acids is 1. The Hall–Kier alpha value is -1.15. The maximum Gasteiger partial charge on any atom is 0.155 e. The van der Waals surface area contributed by atoms with E-state index in [4.69, 9.17) is 0 Å². The van der Waals surface area contributed by atoms with Crippen LogP contribution in [-0.4, -0.2) is 16.5 Å². The molecule has 0 aromatic rings. The number of ketones is 1. The molecule has 0 aliphatic heterocycles. The Bertz CT molecular complexity index is 568. The van der Waals surface area contributed by atoms with Gasteiger partial charge in [-0.2, -0.15) is 0 Å². The van der Waals surface area contributed by atoms with E-state index >= 15 is 0 Å². The minimum Gasteiger partial charge on any atom is -0.388 e. The molecular formula is C18H22O2. The van der Waals surface area contributed by atoms with Gasteiger partial charge in [0.2, 0.25) is 0 Å². The molecule has 3 unspecified atom stereocenters. The molecule has 2 heteroatoms. The van der Waals surface area contributed by atoms with Crippen molar-refractivity contribution in [2.24, 2.45) is 17.3 Å². The van der Waals surface area contributed by atoms with Crippen molar-refractivity contribution in [3.05, 3.63) is 35.5 Å². The third kappa shape index (κ3) is 1.52. The predicted octanol–water partition coefficient (Wildman–Crippen LogP) is 3.33. The van der Waals surface area contributed by atoms with E-state index in [1.165, 1.54) is 11.1 Å². The van der Waals surface area contributed by atoms with Crippen LogP contribution in [0.4, 0.5) is 0 Å². The molecule has 1 fully saturated rings. The molecular weight excluding hydrogens is 248 g/mol. The van der Waals surface area contributed by atoms with Gasteiger partial charge in [0, 0.05) is 17.8 Å². The first-order valence-electron chi connectivity index (χ1n) is 7.89. The van der Waals surface area contributed by atoms with Crippen LogP contribution in [0.2, 0.25) is 0 Å². The lowest BCUT2D eigenvalue weighted by Crippen LogP contribution is -2.51. The number of aliphatic hydroxyl groups is 1. The first-order chi connectivity index (χ1) is 9.52. The molecule has 2 nitrogen and oxygen atoms in total. The summed E-state index contributed by atoms with van der Waals surface area (Å²) in [4.78, 5) is 11.6. The fourth-order valence-electron chi connectivity index (χ4n) is 4.93. The molecule has 0 bridgehead atoms. The molecule has 0 aromatic carbocycles. The summed E-state index contributed by atoms with van der Waals surface area (Å²) < 4.78 is 0. The molecule has 1 N–H and O–H groups in total. The molecule has 0 amide bonds. The van der Waals surface area contributed by atoms with Crippen molar-refractivity contribution in [2.45, 2.75) is 51.0 Å². The largest absolute Gasteiger partial charge is 0.388 e. The lowest BCUT2D eigenvalue weighted by molar-refractivity contribution is -0.115. The van der Waals surface area contributed by atoms with Gasteiger partial charge in [-0.15, -0.1) is 0 Å². The van der Waals surface area contributed by atoms with Gasteiger partial charge in [0.15, 0.2) is 5.78 Å². The minimum absolute atomic E-state index is 0.0549. The van der Waals surface area contributed by atoms with Gasteiger partial charge < -0.3 is 5.11 Å². The van der Waals surface area contributed by atoms with Crippen LogP contribution in [0.25, 0.3) is 0 Å². The van der Waals surface area contributed by atoms with Crippen molar-refractivity contribution in [1.82, 2.24) is 0 Å². The van der Waals surface area contributed by atoms with Crippen molar-refractivity contribution in [1.29, 1.82) is 0 Å². The van der Waals surface area contributed by atoms with Crippen molar-refractivity contribution in [2.75, 3.05) is 0 Å². The maximum absolute atomic E-state index is 11.6. The molecule has 20 heavy (non-hydrogen) atoms. The summed E-state index contributed by atoms with van der Waals surface area (Å²) >= 11 is 0. The number of hydrogen-bond donors (Lipinski definition) is 1. The highest BCUT2D eigenvalue weighted by Gasteiger charge is 2.57. The Morgan fingerprint density at radius 2 is 2.10 bits per heavy atom. The summed E-state index contributed by atoms with van der Waals surface area (Å²) in [5.74, 6) is 0.993. The molecule has 0 aromatic heterocycles. The molecule has 4 rings (SSSR count). The molecule has 106 valence electrons. The van der Waals surface area contributed by atoms with Crippen molar-refractivity contribution >= 4 is 5.78 Å². The Morgan fingerprint density at radius 3 is 2.95 bits per heavy atom. The summed E-state index contributed by atoms with van der Waals surface area (Å²) in [6.45, 7) is 2.21. The molecule has 1 saturated carbocycles. The summed E-state index contributed by atoms with van der Waals surface area (Å²) in [5.41, 5.74) is 1.81. The van der Waals surface area contributed by atoms with Gasteiger partial charge in [-0.05, 0) is 55.2 Å². The van der Waals surface area contributed by atoms with Crippen LogP contribution in [0.15, 0.2) is 35.5 Å². The summed E-state index contributed by atoms with van der Waals surface area (Å²) in [5, 5.41) is 11.3. The first kappa shape index (κ1) is 12.6. The maximum atomic E-state index is 11.6. The van der Waals surface area contributed by atoms with E-state index in [-0.39, 0.29) is 17.1 Å². The first-order valence-corrected chi connectivity index (χ1v) is 7.89. The summed E-state index contributed by atoms with van der Waals surface area (Å²) in [6, 6.07) is 0. The van der Waals surface area contributed by atoms with Crippen LogP contribution in [0, 0.1) is 17.3 Å². The molecule has 4 atom stereocenters. The number of hydrogen-bond acceptors (Lipinski definition) is 2. The van der Waals surface area contributed by atoms with Crippen molar-refractivity contribution in [3.63, 3.8) is 0 Å². The van der Waals surface area contributed by atoms with Crippen molar-refractivity contribution in [3.8, 4) is 0 Å². The average molecular weight is 270 g/mol. The van der Waals surface area contributed by atoms with Crippen LogP contribution in [0.5, 0.6) is 0 Å². The minimum atomic E-state index is -0.569. The second-order valence-electron chi connectivity index (χ2n) is 7.31. The topological polar surface area (TPSA) is 37.3 Å². The zero-order valence-electron chi connectivity index (χ0n) is 12.1. The summed E-state index contributed by atoms with van der Waals surface area (Å²) in [6.07, 6.45) is 14.2. The Labute approximate surface area is 120 Å². The van der Waals surface area contributed by atoms with Crippen LogP contribution in [0.1, 0.15) is 45.4 Å². The van der Waals surface area contributed by atoms with E-state index in [9.17, 15) is 9.90 Å². The van der Waals surface area contributed by atoms with E-state index in [2.05, 4.69) is 25.2 Å². The molecule has 0 radical (unpaired) electrons. The second kappa shape index (κ2) is 3.94. The SMILES string of the molecule is C[C@@]12C=CC3=CC4=CC(=O)CCC4CC3C1(O)CCC2. The van der Waals surface area contributed by atoms with E-state index in [1.807, 2.05) is 6.08 Å². The number of fused-ring (bicyclic) bond motifs is 4.